The quantitative estimate of drug-likeness (QED) is 0.161. The Bertz CT molecular complexity index is 884. The molecule has 0 saturated heterocycles. The molecule has 4 atom stereocenters. The van der Waals surface area contributed by atoms with Gasteiger partial charge >= 0.3 is 12.0 Å². The summed E-state index contributed by atoms with van der Waals surface area (Å²) in [6.07, 6.45) is 5.15. The summed E-state index contributed by atoms with van der Waals surface area (Å²) in [4.78, 5) is 32.6. The lowest BCUT2D eigenvalue weighted by atomic mass is 9.92. The van der Waals surface area contributed by atoms with E-state index in [1.807, 2.05) is 6.08 Å². The smallest absolute Gasteiger partial charge is 0.339 e. The lowest BCUT2D eigenvalue weighted by molar-refractivity contribution is -0.384. The number of nitro benzene ring substituents is 1. The molecule has 0 radical (unpaired) electrons. The molecule has 2 aliphatic carbocycles. The van der Waals surface area contributed by atoms with Gasteiger partial charge in [0.1, 0.15) is 6.61 Å². The summed E-state index contributed by atoms with van der Waals surface area (Å²) in [5.74, 6) is -0.697. The van der Waals surface area contributed by atoms with Gasteiger partial charge in [0.2, 0.25) is 0 Å². The lowest BCUT2D eigenvalue weighted by Gasteiger charge is -2.16. The molecule has 0 spiro atoms. The molecule has 4 unspecified atom stereocenters. The van der Waals surface area contributed by atoms with E-state index < -0.39 is 23.0 Å². The van der Waals surface area contributed by atoms with E-state index >= 15 is 0 Å². The normalized spacial score (nSPS) is 26.2. The van der Waals surface area contributed by atoms with Gasteiger partial charge in [-0.15, -0.1) is 0 Å². The molecule has 1 aromatic carbocycles. The van der Waals surface area contributed by atoms with Gasteiger partial charge in [0.05, 0.1) is 17.6 Å². The number of urea groups is 1. The highest BCUT2D eigenvalue weighted by Gasteiger charge is 2.45. The van der Waals surface area contributed by atoms with Crippen LogP contribution in [-0.4, -0.2) is 52.7 Å². The number of nitro groups is 1. The molecule has 0 heterocycles. The number of aliphatic hydroxyl groups is 1. The number of nitrogens with zero attached hydrogens (tertiary/aromatic N) is 2. The van der Waals surface area contributed by atoms with Crippen molar-refractivity contribution in [3.05, 3.63) is 46.0 Å². The van der Waals surface area contributed by atoms with Crippen LogP contribution in [0.3, 0.4) is 0 Å². The molecule has 1 aromatic rings. The maximum atomic E-state index is 12.0. The first-order valence-corrected chi connectivity index (χ1v) is 9.83. The van der Waals surface area contributed by atoms with Crippen LogP contribution < -0.4 is 10.7 Å². The van der Waals surface area contributed by atoms with E-state index in [2.05, 4.69) is 15.8 Å². The third-order valence-electron chi connectivity index (χ3n) is 5.57. The zero-order valence-corrected chi connectivity index (χ0v) is 16.6. The van der Waals surface area contributed by atoms with Crippen molar-refractivity contribution in [2.24, 2.45) is 22.9 Å². The number of aliphatic hydroxyl groups excluding tert-OH is 1. The van der Waals surface area contributed by atoms with Crippen molar-refractivity contribution in [1.29, 1.82) is 0 Å². The zero-order chi connectivity index (χ0) is 22.4. The van der Waals surface area contributed by atoms with Gasteiger partial charge in [-0.2, -0.15) is 5.10 Å². The van der Waals surface area contributed by atoms with Crippen molar-refractivity contribution in [1.82, 2.24) is 5.43 Å². The number of hydrogen-bond donors (Lipinski definition) is 4. The van der Waals surface area contributed by atoms with Gasteiger partial charge in [0.15, 0.2) is 0 Å². The Kier molecular flexibility index (Phi) is 7.32. The summed E-state index contributed by atoms with van der Waals surface area (Å²) < 4.78 is 5.05. The van der Waals surface area contributed by atoms with E-state index in [-0.39, 0.29) is 30.7 Å². The second kappa shape index (κ2) is 10.1. The number of aliphatic carboxylic acids is 1. The van der Waals surface area contributed by atoms with Crippen LogP contribution in [0.4, 0.5) is 16.2 Å². The van der Waals surface area contributed by atoms with Crippen LogP contribution in [0.15, 0.2) is 41.0 Å². The summed E-state index contributed by atoms with van der Waals surface area (Å²) in [6.45, 7) is -0.0923. The van der Waals surface area contributed by atoms with Gasteiger partial charge < -0.3 is 20.3 Å². The standard InChI is InChI=1S/C20H24N4O7/c25-18-9-13-7-12(5-6-31-11-19(26)27)8-16(13)17(18)10-21-23-20(28)22-14-1-3-15(4-2-14)24(29)30/h1-5,10,13,16-18,25H,6-9,11H2,(H,26,27)(H2,22,23,28)/b12-5+,21-10+. The number of hydrogen-bond acceptors (Lipinski definition) is 7. The van der Waals surface area contributed by atoms with Gasteiger partial charge in [-0.3, -0.25) is 10.1 Å². The maximum Gasteiger partial charge on any atom is 0.339 e. The van der Waals surface area contributed by atoms with Crippen molar-refractivity contribution in [2.45, 2.75) is 25.4 Å². The number of carbonyl (C=O) groups is 2. The molecule has 0 aromatic heterocycles. The summed E-state index contributed by atoms with van der Waals surface area (Å²) in [5.41, 5.74) is 3.83. The number of fused-ring (bicyclic) bond motifs is 1. The van der Waals surface area contributed by atoms with Crippen molar-refractivity contribution >= 4 is 29.6 Å². The van der Waals surface area contributed by atoms with Crippen LogP contribution in [-0.2, 0) is 9.53 Å². The fourth-order valence-electron chi connectivity index (χ4n) is 4.21. The molecular weight excluding hydrogens is 408 g/mol. The average molecular weight is 432 g/mol. The highest BCUT2D eigenvalue weighted by atomic mass is 16.6. The molecule has 166 valence electrons. The van der Waals surface area contributed by atoms with E-state index in [9.17, 15) is 24.8 Å². The summed E-state index contributed by atoms with van der Waals surface area (Å²) in [7, 11) is 0. The first kappa shape index (κ1) is 22.4. The number of amides is 2. The topological polar surface area (TPSA) is 163 Å². The minimum Gasteiger partial charge on any atom is -0.480 e. The van der Waals surface area contributed by atoms with Crippen LogP contribution >= 0.6 is 0 Å². The number of carboxylic acid groups (broad SMARTS) is 1. The Labute approximate surface area is 177 Å². The highest BCUT2D eigenvalue weighted by Crippen LogP contribution is 2.49. The lowest BCUT2D eigenvalue weighted by Crippen LogP contribution is -2.27. The molecule has 0 bridgehead atoms. The minimum absolute atomic E-state index is 0.0767. The van der Waals surface area contributed by atoms with Crippen LogP contribution in [0.5, 0.6) is 0 Å². The number of anilines is 1. The Morgan fingerprint density at radius 3 is 2.71 bits per heavy atom. The highest BCUT2D eigenvalue weighted by molar-refractivity contribution is 5.89. The SMILES string of the molecule is O=C(O)COC/C=C1\CC2CC(O)C(/C=N/NC(=O)Nc3ccc([N+](=O)[O-])cc3)C2C1. The predicted molar refractivity (Wildman–Crippen MR) is 111 cm³/mol. The average Bonchev–Trinajstić information content (AvgIpc) is 3.23. The molecule has 3 rings (SSSR count). The Balaban J connectivity index is 1.48. The Hall–Kier alpha value is -3.31. The number of carboxylic acids is 1. The van der Waals surface area contributed by atoms with E-state index in [1.54, 1.807) is 6.21 Å². The number of non-ortho nitro benzene ring substituents is 1. The molecule has 2 aliphatic rings. The van der Waals surface area contributed by atoms with Crippen LogP contribution in [0.25, 0.3) is 0 Å². The van der Waals surface area contributed by atoms with Gasteiger partial charge in [-0.1, -0.05) is 11.6 Å². The summed E-state index contributed by atoms with van der Waals surface area (Å²) in [6, 6.07) is 4.80. The van der Waals surface area contributed by atoms with Crippen molar-refractivity contribution in [2.75, 3.05) is 18.5 Å². The van der Waals surface area contributed by atoms with Gasteiger partial charge in [0, 0.05) is 30.0 Å². The number of rotatable bonds is 8. The fraction of sp³-hybridized carbons (Fsp3) is 0.450. The minimum atomic E-state index is -1.01. The summed E-state index contributed by atoms with van der Waals surface area (Å²) >= 11 is 0. The second-order valence-corrected chi connectivity index (χ2v) is 7.63. The molecule has 4 N–H and O–H groups in total. The molecular formula is C20H24N4O7. The molecule has 2 saturated carbocycles. The van der Waals surface area contributed by atoms with Crippen LogP contribution in [0, 0.1) is 27.9 Å². The monoisotopic (exact) mass is 432 g/mol. The number of nitrogens with one attached hydrogen (secondary N) is 2. The van der Waals surface area contributed by atoms with E-state index in [0.717, 1.165) is 12.8 Å². The van der Waals surface area contributed by atoms with Crippen molar-refractivity contribution in [3.8, 4) is 0 Å². The molecule has 31 heavy (non-hydrogen) atoms. The number of ether oxygens (including phenoxy) is 1. The van der Waals surface area contributed by atoms with Crippen LogP contribution in [0.2, 0.25) is 0 Å². The predicted octanol–water partition coefficient (Wildman–Crippen LogP) is 2.14. The van der Waals surface area contributed by atoms with E-state index in [4.69, 9.17) is 9.84 Å². The molecule has 11 heteroatoms. The van der Waals surface area contributed by atoms with Crippen LogP contribution in [0.1, 0.15) is 19.3 Å². The van der Waals surface area contributed by atoms with Gasteiger partial charge in [-0.25, -0.2) is 15.0 Å². The van der Waals surface area contributed by atoms with Crippen molar-refractivity contribution < 1.29 is 29.5 Å². The Morgan fingerprint density at radius 2 is 2.03 bits per heavy atom. The third kappa shape index (κ3) is 6.09. The van der Waals surface area contributed by atoms with E-state index in [0.29, 0.717) is 18.0 Å². The van der Waals surface area contributed by atoms with E-state index in [1.165, 1.54) is 29.8 Å². The number of benzene rings is 1. The number of hydrazone groups is 1. The summed E-state index contributed by atoms with van der Waals surface area (Å²) in [5, 5.41) is 36.1. The first-order valence-electron chi connectivity index (χ1n) is 9.83. The molecule has 2 amide bonds. The largest absolute Gasteiger partial charge is 0.480 e. The second-order valence-electron chi connectivity index (χ2n) is 7.63. The maximum absolute atomic E-state index is 12.0. The molecule has 11 nitrogen and oxygen atoms in total. The van der Waals surface area contributed by atoms with Crippen molar-refractivity contribution in [3.63, 3.8) is 0 Å². The fourth-order valence-corrected chi connectivity index (χ4v) is 4.21. The van der Waals surface area contributed by atoms with Gasteiger partial charge in [0.25, 0.3) is 5.69 Å². The number of allylic oxidation sites excluding steroid dienone is 1. The number of carbonyl (C=O) groups excluding carboxylic acids is 1. The molecule has 0 aliphatic heterocycles. The molecule has 2 fully saturated rings. The first-order chi connectivity index (χ1) is 14.8. The Morgan fingerprint density at radius 1 is 1.29 bits per heavy atom. The zero-order valence-electron chi connectivity index (χ0n) is 16.6. The van der Waals surface area contributed by atoms with Gasteiger partial charge in [-0.05, 0) is 43.2 Å². The third-order valence-corrected chi connectivity index (χ3v) is 5.57.